The lowest BCUT2D eigenvalue weighted by atomic mass is 11.5. The average Bonchev–Trinajstić information content (AvgIpc) is 1.61. The molecule has 4 heteroatoms. The van der Waals surface area contributed by atoms with Crippen LogP contribution in [0.2, 0.25) is 0 Å². The molecule has 0 amide bonds. The Bertz CT molecular complexity index is 38.5. The minimum absolute atomic E-state index is 0.892. The quantitative estimate of drug-likeness (QED) is 0.317. The predicted octanol–water partition coefficient (Wildman–Crippen LogP) is 0.206. The van der Waals surface area contributed by atoms with E-state index in [2.05, 4.69) is 26.3 Å². The molecule has 0 aromatic rings. The molecule has 0 heterocycles. The zero-order chi connectivity index (χ0) is 4.83. The van der Waals surface area contributed by atoms with Crippen molar-refractivity contribution < 1.29 is 0 Å². The third-order valence-electron chi connectivity index (χ3n) is 0.293. The van der Waals surface area contributed by atoms with Crippen LogP contribution in [0.4, 0.5) is 0 Å². The fourth-order valence-corrected chi connectivity index (χ4v) is 0.578. The topological polar surface area (TPSA) is 24.1 Å². The molecule has 0 aromatic heterocycles. The van der Waals surface area contributed by atoms with E-state index >= 15 is 0 Å². The van der Waals surface area contributed by atoms with Gasteiger partial charge >= 0.3 is 0 Å². The molecule has 6 heavy (non-hydrogen) atoms. The first-order valence-electron chi connectivity index (χ1n) is 1.52. The Balaban J connectivity index is 2.49. The van der Waals surface area contributed by atoms with E-state index in [9.17, 15) is 0 Å². The van der Waals surface area contributed by atoms with Crippen molar-refractivity contribution in [2.45, 2.75) is 0 Å². The lowest BCUT2D eigenvalue weighted by Gasteiger charge is -1.90. The maximum atomic E-state index is 3.58. The largest absolute Gasteiger partial charge is 0.247 e. The van der Waals surface area contributed by atoms with Gasteiger partial charge in [-0.2, -0.15) is 0 Å². The highest BCUT2D eigenvalue weighted by atomic mass is 31.1. The lowest BCUT2D eigenvalue weighted by Crippen LogP contribution is -2.19. The molecule has 0 fully saturated rings. The highest BCUT2D eigenvalue weighted by Gasteiger charge is 1.64. The normalized spacial score (nSPS) is 9.50. The minimum Gasteiger partial charge on any atom is -0.247 e. The highest BCUT2D eigenvalue weighted by molar-refractivity contribution is 7.36. The molecule has 0 saturated carbocycles. The second kappa shape index (κ2) is 5.52. The van der Waals surface area contributed by atoms with Gasteiger partial charge in [-0.15, -0.1) is 0 Å². The van der Waals surface area contributed by atoms with Crippen molar-refractivity contribution >= 4 is 23.9 Å². The van der Waals surface area contributed by atoms with Crippen LogP contribution in [0, 0.1) is 0 Å². The Morgan fingerprint density at radius 3 is 2.67 bits per heavy atom. The first-order valence-corrected chi connectivity index (χ1v) is 3.37. The van der Waals surface area contributed by atoms with Crippen molar-refractivity contribution in [2.24, 2.45) is 0 Å². The summed E-state index contributed by atoms with van der Waals surface area (Å²) in [6, 6.07) is 0. The number of hydrazine groups is 1. The van der Waals surface area contributed by atoms with Crippen LogP contribution in [0.15, 0.2) is 0 Å². The van der Waals surface area contributed by atoms with Crippen LogP contribution in [0.1, 0.15) is 0 Å². The molecule has 0 aliphatic heterocycles. The number of rotatable bonds is 3. The Morgan fingerprint density at radius 2 is 2.50 bits per heavy atom. The van der Waals surface area contributed by atoms with Gasteiger partial charge in [0.2, 0.25) is 0 Å². The average molecular weight is 122 g/mol. The van der Waals surface area contributed by atoms with Crippen LogP contribution in [-0.4, -0.2) is 12.6 Å². The Hall–Kier alpha value is 0.520. The molecule has 2 nitrogen and oxygen atoms in total. The number of hydrogen-bond acceptors (Lipinski definition) is 2. The van der Waals surface area contributed by atoms with Crippen LogP contribution < -0.4 is 10.6 Å². The monoisotopic (exact) mass is 122 g/mol. The molecule has 1 atom stereocenters. The van der Waals surface area contributed by atoms with Gasteiger partial charge in [0.15, 0.2) is 0 Å². The van der Waals surface area contributed by atoms with Gasteiger partial charge in [-0.3, -0.25) is 0 Å². The molecule has 0 spiro atoms. The molecule has 1 unspecified atom stereocenters. The van der Waals surface area contributed by atoms with Gasteiger partial charge in [0.1, 0.15) is 0 Å². The zero-order valence-corrected chi connectivity index (χ0v) is 5.49. The van der Waals surface area contributed by atoms with Gasteiger partial charge in [-0.1, -0.05) is 23.9 Å². The van der Waals surface area contributed by atoms with E-state index in [4.69, 9.17) is 0 Å². The Morgan fingerprint density at radius 1 is 1.83 bits per heavy atom. The van der Waals surface area contributed by atoms with Gasteiger partial charge in [-0.05, 0) is 0 Å². The highest BCUT2D eigenvalue weighted by Crippen LogP contribution is 1.80. The maximum absolute atomic E-state index is 3.58. The predicted molar refractivity (Wildman–Crippen MR) is 34.9 cm³/mol. The summed E-state index contributed by atoms with van der Waals surface area (Å²) in [5, 5.41) is 2.69. The van der Waals surface area contributed by atoms with E-state index in [1.54, 1.807) is 0 Å². The fourth-order valence-electron chi connectivity index (χ4n) is 0.102. The SMILES string of the molecule is C=PCNNP. The summed E-state index contributed by atoms with van der Waals surface area (Å²) in [4.78, 5) is 0. The van der Waals surface area contributed by atoms with Crippen LogP contribution in [0.25, 0.3) is 0 Å². The van der Waals surface area contributed by atoms with Crippen LogP contribution >= 0.6 is 17.6 Å². The van der Waals surface area contributed by atoms with E-state index in [1.807, 2.05) is 0 Å². The minimum atomic E-state index is 0.892. The van der Waals surface area contributed by atoms with Gasteiger partial charge in [0, 0.05) is 0 Å². The van der Waals surface area contributed by atoms with E-state index in [1.165, 1.54) is 0 Å². The Labute approximate surface area is 41.7 Å². The molecule has 36 valence electrons. The van der Waals surface area contributed by atoms with Gasteiger partial charge in [-0.25, -0.2) is 10.6 Å². The van der Waals surface area contributed by atoms with Crippen molar-refractivity contribution in [3.63, 3.8) is 0 Å². The van der Waals surface area contributed by atoms with Crippen molar-refractivity contribution in [3.8, 4) is 0 Å². The zero-order valence-electron chi connectivity index (χ0n) is 3.44. The van der Waals surface area contributed by atoms with Crippen molar-refractivity contribution in [1.82, 2.24) is 10.6 Å². The van der Waals surface area contributed by atoms with E-state index < -0.39 is 0 Å². The number of hydrogen-bond donors (Lipinski definition) is 2. The van der Waals surface area contributed by atoms with Crippen molar-refractivity contribution in [2.75, 3.05) is 6.29 Å². The third-order valence-corrected chi connectivity index (χ3v) is 0.879. The van der Waals surface area contributed by atoms with Crippen LogP contribution in [0.3, 0.4) is 0 Å². The van der Waals surface area contributed by atoms with Crippen molar-refractivity contribution in [3.05, 3.63) is 0 Å². The van der Waals surface area contributed by atoms with Crippen LogP contribution in [-0.2, 0) is 0 Å². The lowest BCUT2D eigenvalue weighted by molar-refractivity contribution is 0.794. The summed E-state index contributed by atoms with van der Waals surface area (Å²) >= 11 is 0. The molecule has 0 aliphatic rings. The molecule has 0 aromatic carbocycles. The molecular formula is C2H8N2P2. The summed E-state index contributed by atoms with van der Waals surface area (Å²) in [5.41, 5.74) is 2.84. The summed E-state index contributed by atoms with van der Waals surface area (Å²) in [6.07, 6.45) is 4.48. The molecule has 0 bridgehead atoms. The maximum Gasteiger partial charge on any atom is 0.0516 e. The Kier molecular flexibility index (Phi) is 6.00. The van der Waals surface area contributed by atoms with E-state index in [0.717, 1.165) is 14.5 Å². The first kappa shape index (κ1) is 6.52. The molecule has 2 N–H and O–H groups in total. The first-order chi connectivity index (χ1) is 2.91. The molecular weight excluding hydrogens is 114 g/mol. The third kappa shape index (κ3) is 4.52. The fraction of sp³-hybridized carbons (Fsp3) is 0.500. The number of nitrogens with one attached hydrogen (secondary N) is 2. The van der Waals surface area contributed by atoms with E-state index in [-0.39, 0.29) is 0 Å². The van der Waals surface area contributed by atoms with Gasteiger partial charge in [0.05, 0.1) is 6.29 Å². The molecule has 0 aliphatic carbocycles. The molecule has 0 saturated heterocycles. The standard InChI is InChI=1S/C2H8N2P2/c1-6-2-3-4-5/h3-4H,1-2,5H2. The summed E-state index contributed by atoms with van der Waals surface area (Å²) < 4.78 is 0. The van der Waals surface area contributed by atoms with Gasteiger partial charge in [0.25, 0.3) is 0 Å². The smallest absolute Gasteiger partial charge is 0.0516 e. The summed E-state index contributed by atoms with van der Waals surface area (Å²) in [7, 11) is 3.44. The summed E-state index contributed by atoms with van der Waals surface area (Å²) in [6.45, 7) is 0. The van der Waals surface area contributed by atoms with Crippen LogP contribution in [0.5, 0.6) is 0 Å². The van der Waals surface area contributed by atoms with E-state index in [0.29, 0.717) is 0 Å². The second-order valence-corrected chi connectivity index (χ2v) is 1.75. The van der Waals surface area contributed by atoms with Crippen molar-refractivity contribution in [1.29, 1.82) is 0 Å². The molecule has 0 radical (unpaired) electrons. The summed E-state index contributed by atoms with van der Waals surface area (Å²) in [5.74, 6) is 0. The second-order valence-electron chi connectivity index (χ2n) is 0.703. The molecule has 0 rings (SSSR count). The van der Waals surface area contributed by atoms with Gasteiger partial charge < -0.3 is 0 Å².